The molecule has 0 saturated heterocycles. The number of nitrogens with zero attached hydrogens (tertiary/aromatic N) is 1. The van der Waals surface area contributed by atoms with Gasteiger partial charge in [0.1, 0.15) is 18.1 Å². The average molecular weight is 506 g/mol. The molecule has 0 aliphatic rings. The molecule has 0 aliphatic carbocycles. The second kappa shape index (κ2) is 12.0. The van der Waals surface area contributed by atoms with E-state index in [4.69, 9.17) is 9.47 Å². The zero-order valence-electron chi connectivity index (χ0n) is 21.4. The van der Waals surface area contributed by atoms with Gasteiger partial charge in [-0.15, -0.1) is 0 Å². The first-order valence-electron chi connectivity index (χ1n) is 12.7. The van der Waals surface area contributed by atoms with Crippen molar-refractivity contribution in [2.24, 2.45) is 0 Å². The number of hydrogen-bond donors (Lipinski definition) is 2. The molecule has 0 spiro atoms. The quantitative estimate of drug-likeness (QED) is 0.214. The van der Waals surface area contributed by atoms with E-state index in [1.807, 2.05) is 102 Å². The van der Waals surface area contributed by atoms with Gasteiger partial charge in [0.05, 0.1) is 12.8 Å². The van der Waals surface area contributed by atoms with Crippen LogP contribution >= 0.6 is 0 Å². The van der Waals surface area contributed by atoms with Crippen LogP contribution in [0.15, 0.2) is 109 Å². The van der Waals surface area contributed by atoms with Gasteiger partial charge in [-0.05, 0) is 53.4 Å². The Morgan fingerprint density at radius 1 is 0.868 bits per heavy atom. The number of para-hydroxylation sites is 3. The van der Waals surface area contributed by atoms with Crippen LogP contribution in [-0.2, 0) is 19.6 Å². The molecule has 0 aliphatic heterocycles. The van der Waals surface area contributed by atoms with Gasteiger partial charge in [0.15, 0.2) is 0 Å². The summed E-state index contributed by atoms with van der Waals surface area (Å²) in [5, 5.41) is 4.21. The third-order valence-electron chi connectivity index (χ3n) is 6.48. The van der Waals surface area contributed by atoms with Gasteiger partial charge in [0.2, 0.25) is 0 Å². The van der Waals surface area contributed by atoms with Crippen LogP contribution in [0.1, 0.15) is 16.7 Å². The Morgan fingerprint density at radius 2 is 1.63 bits per heavy atom. The molecule has 6 heteroatoms. The van der Waals surface area contributed by atoms with Crippen molar-refractivity contribution < 1.29 is 14.3 Å². The molecule has 2 N–H and O–H groups in total. The maximum atomic E-state index is 13.5. The molecule has 0 atom stereocenters. The molecule has 5 rings (SSSR count). The Balaban J connectivity index is 1.33. The molecule has 0 radical (unpaired) electrons. The molecule has 4 aromatic carbocycles. The van der Waals surface area contributed by atoms with Gasteiger partial charge in [0, 0.05) is 30.2 Å². The molecule has 0 unspecified atom stereocenters. The Kier molecular flexibility index (Phi) is 7.89. The summed E-state index contributed by atoms with van der Waals surface area (Å²) in [6, 6.07) is 33.5. The lowest BCUT2D eigenvalue weighted by molar-refractivity contribution is 0.209. The monoisotopic (exact) mass is 505 g/mol. The largest absolute Gasteiger partial charge is 0.495 e. The highest BCUT2D eigenvalue weighted by molar-refractivity contribution is 5.91. The molecule has 1 aromatic heterocycles. The number of anilines is 1. The number of nitrogens with one attached hydrogen (secondary N) is 2. The van der Waals surface area contributed by atoms with Crippen molar-refractivity contribution in [2.75, 3.05) is 19.0 Å². The van der Waals surface area contributed by atoms with E-state index in [2.05, 4.69) is 22.4 Å². The second-order valence-corrected chi connectivity index (χ2v) is 9.08. The standard InChI is InChI=1S/C32H31N3O3/c1-37-31-17-8-7-16-30(31)34-32(36)35(19-18-26-21-33-29-15-6-5-14-28(26)29)22-25-12-9-13-27(20-25)38-23-24-10-3-2-4-11-24/h2-17,20-21,33H,18-19,22-23H2,1H3,(H,34,36). The third-order valence-corrected chi connectivity index (χ3v) is 6.48. The number of aromatic amines is 1. The van der Waals surface area contributed by atoms with Gasteiger partial charge in [-0.25, -0.2) is 4.79 Å². The van der Waals surface area contributed by atoms with Crippen molar-refractivity contribution in [3.63, 3.8) is 0 Å². The van der Waals surface area contributed by atoms with Crippen molar-refractivity contribution in [1.82, 2.24) is 9.88 Å². The molecule has 0 fully saturated rings. The maximum Gasteiger partial charge on any atom is 0.322 e. The van der Waals surface area contributed by atoms with Crippen molar-refractivity contribution in [2.45, 2.75) is 19.6 Å². The first-order chi connectivity index (χ1) is 18.7. The van der Waals surface area contributed by atoms with Gasteiger partial charge in [-0.1, -0.05) is 72.8 Å². The van der Waals surface area contributed by atoms with Crippen LogP contribution in [0.25, 0.3) is 10.9 Å². The van der Waals surface area contributed by atoms with Crippen LogP contribution in [0.2, 0.25) is 0 Å². The van der Waals surface area contributed by atoms with Crippen molar-refractivity contribution >= 4 is 22.6 Å². The van der Waals surface area contributed by atoms with Crippen LogP contribution in [0.4, 0.5) is 10.5 Å². The van der Waals surface area contributed by atoms with E-state index < -0.39 is 0 Å². The number of aromatic nitrogens is 1. The summed E-state index contributed by atoms with van der Waals surface area (Å²) >= 11 is 0. The van der Waals surface area contributed by atoms with Gasteiger partial charge >= 0.3 is 6.03 Å². The first kappa shape index (κ1) is 25.0. The highest BCUT2D eigenvalue weighted by Gasteiger charge is 2.17. The van der Waals surface area contributed by atoms with Crippen LogP contribution < -0.4 is 14.8 Å². The van der Waals surface area contributed by atoms with Crippen molar-refractivity contribution in [3.05, 3.63) is 126 Å². The Bertz CT molecular complexity index is 1500. The average Bonchev–Trinajstić information content (AvgIpc) is 3.38. The number of urea groups is 1. The fourth-order valence-corrected chi connectivity index (χ4v) is 4.48. The van der Waals surface area contributed by atoms with Crippen molar-refractivity contribution in [3.8, 4) is 11.5 Å². The van der Waals surface area contributed by atoms with Gasteiger partial charge in [-0.3, -0.25) is 0 Å². The number of fused-ring (bicyclic) bond motifs is 1. The number of ether oxygens (including phenoxy) is 2. The first-order valence-corrected chi connectivity index (χ1v) is 12.7. The Hall–Kier alpha value is -4.71. The fourth-order valence-electron chi connectivity index (χ4n) is 4.48. The maximum absolute atomic E-state index is 13.5. The summed E-state index contributed by atoms with van der Waals surface area (Å²) in [6.07, 6.45) is 2.74. The second-order valence-electron chi connectivity index (χ2n) is 9.08. The number of benzene rings is 4. The van der Waals surface area contributed by atoms with E-state index in [1.54, 1.807) is 7.11 Å². The summed E-state index contributed by atoms with van der Waals surface area (Å²) in [6.45, 7) is 1.46. The number of carbonyl (C=O) groups is 1. The van der Waals surface area contributed by atoms with Gasteiger partial charge in [0.25, 0.3) is 0 Å². The van der Waals surface area contributed by atoms with Gasteiger partial charge in [-0.2, -0.15) is 0 Å². The molecule has 0 bridgehead atoms. The van der Waals surface area contributed by atoms with E-state index >= 15 is 0 Å². The Labute approximate surface area is 222 Å². The summed E-state index contributed by atoms with van der Waals surface area (Å²) in [7, 11) is 1.60. The molecule has 1 heterocycles. The van der Waals surface area contributed by atoms with E-state index in [0.29, 0.717) is 37.6 Å². The predicted octanol–water partition coefficient (Wildman–Crippen LogP) is 7.03. The number of methoxy groups -OCH3 is 1. The minimum atomic E-state index is -0.190. The zero-order chi connectivity index (χ0) is 26.2. The van der Waals surface area contributed by atoms with Crippen LogP contribution in [-0.4, -0.2) is 29.6 Å². The zero-order valence-corrected chi connectivity index (χ0v) is 21.4. The van der Waals surface area contributed by atoms with E-state index in [1.165, 1.54) is 10.9 Å². The predicted molar refractivity (Wildman–Crippen MR) is 152 cm³/mol. The molecular formula is C32H31N3O3. The van der Waals surface area contributed by atoms with Crippen LogP contribution in [0.5, 0.6) is 11.5 Å². The number of rotatable bonds is 10. The lowest BCUT2D eigenvalue weighted by atomic mass is 10.1. The van der Waals surface area contributed by atoms with Crippen molar-refractivity contribution in [1.29, 1.82) is 0 Å². The minimum absolute atomic E-state index is 0.190. The molecule has 6 nitrogen and oxygen atoms in total. The highest BCUT2D eigenvalue weighted by Crippen LogP contribution is 2.25. The summed E-state index contributed by atoms with van der Waals surface area (Å²) < 4.78 is 11.5. The topological polar surface area (TPSA) is 66.6 Å². The van der Waals surface area contributed by atoms with E-state index in [9.17, 15) is 4.79 Å². The Morgan fingerprint density at radius 3 is 2.50 bits per heavy atom. The smallest absolute Gasteiger partial charge is 0.322 e. The number of amides is 2. The number of H-pyrrole nitrogens is 1. The summed E-state index contributed by atoms with van der Waals surface area (Å²) in [4.78, 5) is 18.7. The fraction of sp³-hybridized carbons (Fsp3) is 0.156. The molecule has 38 heavy (non-hydrogen) atoms. The molecule has 2 amide bonds. The normalized spacial score (nSPS) is 10.8. The molecule has 0 saturated carbocycles. The van der Waals surface area contributed by atoms with Gasteiger partial charge < -0.3 is 24.7 Å². The van der Waals surface area contributed by atoms with E-state index in [0.717, 1.165) is 22.4 Å². The van der Waals surface area contributed by atoms with E-state index in [-0.39, 0.29) is 6.03 Å². The highest BCUT2D eigenvalue weighted by atomic mass is 16.5. The van der Waals surface area contributed by atoms with Crippen LogP contribution in [0, 0.1) is 0 Å². The molecule has 192 valence electrons. The molecular weight excluding hydrogens is 474 g/mol. The third kappa shape index (κ3) is 6.16. The summed E-state index contributed by atoms with van der Waals surface area (Å²) in [5.74, 6) is 1.39. The number of carbonyl (C=O) groups excluding carboxylic acids is 1. The SMILES string of the molecule is COc1ccccc1NC(=O)N(CCc1c[nH]c2ccccc12)Cc1cccc(OCc2ccccc2)c1. The number of hydrogen-bond acceptors (Lipinski definition) is 3. The lowest BCUT2D eigenvalue weighted by Crippen LogP contribution is -2.36. The lowest BCUT2D eigenvalue weighted by Gasteiger charge is -2.24. The molecule has 5 aromatic rings. The minimum Gasteiger partial charge on any atom is -0.495 e. The summed E-state index contributed by atoms with van der Waals surface area (Å²) in [5.41, 5.74) is 5.00. The van der Waals surface area contributed by atoms with Crippen LogP contribution in [0.3, 0.4) is 0 Å².